The average Bonchev–Trinajstić information content (AvgIpc) is 3.11. The molecule has 0 saturated carbocycles. The van der Waals surface area contributed by atoms with Gasteiger partial charge in [0.2, 0.25) is 0 Å². The molecule has 0 radical (unpaired) electrons. The van der Waals surface area contributed by atoms with Crippen LogP contribution in [-0.2, 0) is 6.42 Å². The third-order valence-corrected chi connectivity index (χ3v) is 5.31. The Bertz CT molecular complexity index is 862. The molecule has 0 aliphatic carbocycles. The van der Waals surface area contributed by atoms with Gasteiger partial charge in [-0.25, -0.2) is 4.98 Å². The number of methoxy groups -OCH3 is 1. The number of thiazole rings is 1. The first-order valence-electron chi connectivity index (χ1n) is 7.79. The van der Waals surface area contributed by atoms with Crippen LogP contribution < -0.4 is 10.1 Å². The van der Waals surface area contributed by atoms with E-state index in [9.17, 15) is 4.79 Å². The van der Waals surface area contributed by atoms with E-state index in [2.05, 4.69) is 26.2 Å². The fourth-order valence-corrected chi connectivity index (χ4v) is 3.66. The molecule has 0 atom stereocenters. The van der Waals surface area contributed by atoms with Crippen molar-refractivity contribution in [2.75, 3.05) is 13.7 Å². The summed E-state index contributed by atoms with van der Waals surface area (Å²) in [4.78, 5) is 16.8. The van der Waals surface area contributed by atoms with E-state index in [1.54, 1.807) is 24.5 Å². The summed E-state index contributed by atoms with van der Waals surface area (Å²) < 4.78 is 5.96. The Hall–Kier alpha value is -2.18. The van der Waals surface area contributed by atoms with E-state index in [1.807, 2.05) is 47.8 Å². The van der Waals surface area contributed by atoms with Crippen LogP contribution in [0.4, 0.5) is 0 Å². The fraction of sp³-hybridized carbons (Fsp3) is 0.158. The highest BCUT2D eigenvalue weighted by molar-refractivity contribution is 9.10. The van der Waals surface area contributed by atoms with E-state index in [1.165, 1.54) is 0 Å². The summed E-state index contributed by atoms with van der Waals surface area (Å²) in [5.74, 6) is 0.744. The van der Waals surface area contributed by atoms with Gasteiger partial charge in [0.05, 0.1) is 18.4 Å². The Morgan fingerprint density at radius 2 is 1.96 bits per heavy atom. The van der Waals surface area contributed by atoms with Crippen LogP contribution in [0, 0.1) is 0 Å². The summed E-state index contributed by atoms with van der Waals surface area (Å²) in [7, 11) is 1.65. The number of hydrogen-bond acceptors (Lipinski definition) is 4. The third kappa shape index (κ3) is 4.46. The monoisotopic (exact) mass is 416 g/mol. The third-order valence-electron chi connectivity index (χ3n) is 3.67. The lowest BCUT2D eigenvalue weighted by molar-refractivity contribution is 0.0953. The highest BCUT2D eigenvalue weighted by atomic mass is 79.9. The lowest BCUT2D eigenvalue weighted by Crippen LogP contribution is -2.26. The molecule has 3 rings (SSSR count). The number of carbonyl (C=O) groups excluding carboxylic acids is 1. The topological polar surface area (TPSA) is 51.2 Å². The predicted octanol–water partition coefficient (Wildman–Crippen LogP) is 4.55. The SMILES string of the molecule is COc1ccc(-c2nc(CCNC(=O)c3ccccc3Br)cs2)cc1. The van der Waals surface area contributed by atoms with Crippen molar-refractivity contribution in [3.05, 3.63) is 69.6 Å². The van der Waals surface area contributed by atoms with Gasteiger partial charge in [-0.15, -0.1) is 11.3 Å². The van der Waals surface area contributed by atoms with Gasteiger partial charge in [-0.1, -0.05) is 12.1 Å². The van der Waals surface area contributed by atoms with Crippen LogP contribution in [0.3, 0.4) is 0 Å². The lowest BCUT2D eigenvalue weighted by atomic mass is 10.2. The molecule has 1 amide bonds. The Morgan fingerprint density at radius 1 is 1.20 bits per heavy atom. The van der Waals surface area contributed by atoms with Crippen molar-refractivity contribution < 1.29 is 9.53 Å². The first kappa shape index (κ1) is 17.6. The number of hydrogen-bond donors (Lipinski definition) is 1. The quantitative estimate of drug-likeness (QED) is 0.640. The van der Waals surface area contributed by atoms with Gasteiger partial charge in [0.15, 0.2) is 0 Å². The Kier molecular flexibility index (Phi) is 5.83. The van der Waals surface area contributed by atoms with Crippen molar-refractivity contribution in [1.82, 2.24) is 10.3 Å². The van der Waals surface area contributed by atoms with E-state index in [4.69, 9.17) is 4.74 Å². The van der Waals surface area contributed by atoms with Crippen molar-refractivity contribution >= 4 is 33.2 Å². The van der Waals surface area contributed by atoms with Crippen LogP contribution >= 0.6 is 27.3 Å². The van der Waals surface area contributed by atoms with E-state index in [-0.39, 0.29) is 5.91 Å². The second kappa shape index (κ2) is 8.27. The number of nitrogens with zero attached hydrogens (tertiary/aromatic N) is 1. The van der Waals surface area contributed by atoms with Crippen molar-refractivity contribution in [2.45, 2.75) is 6.42 Å². The molecule has 0 saturated heterocycles. The maximum absolute atomic E-state index is 12.2. The van der Waals surface area contributed by atoms with Crippen LogP contribution in [0.15, 0.2) is 58.4 Å². The first-order chi connectivity index (χ1) is 12.2. The predicted molar refractivity (Wildman–Crippen MR) is 104 cm³/mol. The summed E-state index contributed by atoms with van der Waals surface area (Å²) in [5.41, 5.74) is 2.68. The summed E-state index contributed by atoms with van der Waals surface area (Å²) >= 11 is 4.99. The summed E-state index contributed by atoms with van der Waals surface area (Å²) in [6, 6.07) is 15.2. The molecule has 1 N–H and O–H groups in total. The van der Waals surface area contributed by atoms with Gasteiger partial charge >= 0.3 is 0 Å². The van der Waals surface area contributed by atoms with Gasteiger partial charge in [0.1, 0.15) is 10.8 Å². The van der Waals surface area contributed by atoms with Gasteiger partial charge < -0.3 is 10.1 Å². The summed E-state index contributed by atoms with van der Waals surface area (Å²) in [5, 5.41) is 5.93. The van der Waals surface area contributed by atoms with E-state index < -0.39 is 0 Å². The molecule has 2 aromatic carbocycles. The van der Waals surface area contributed by atoms with E-state index in [0.717, 1.165) is 26.5 Å². The Labute approximate surface area is 159 Å². The molecule has 0 fully saturated rings. The van der Waals surface area contributed by atoms with Crippen LogP contribution in [0.2, 0.25) is 0 Å². The van der Waals surface area contributed by atoms with Crippen LogP contribution in [0.25, 0.3) is 10.6 Å². The molecule has 0 aliphatic rings. The first-order valence-corrected chi connectivity index (χ1v) is 9.46. The molecule has 0 unspecified atom stereocenters. The second-order valence-corrected chi connectivity index (χ2v) is 7.07. The summed E-state index contributed by atoms with van der Waals surface area (Å²) in [6.45, 7) is 0.548. The van der Waals surface area contributed by atoms with Crippen LogP contribution in [0.5, 0.6) is 5.75 Å². The number of rotatable bonds is 6. The van der Waals surface area contributed by atoms with Gasteiger partial charge in [-0.05, 0) is 52.3 Å². The number of carbonyl (C=O) groups is 1. The maximum Gasteiger partial charge on any atom is 0.252 e. The molecule has 128 valence electrons. The number of nitrogens with one attached hydrogen (secondary N) is 1. The summed E-state index contributed by atoms with van der Waals surface area (Å²) in [6.07, 6.45) is 0.697. The van der Waals surface area contributed by atoms with Crippen molar-refractivity contribution in [3.63, 3.8) is 0 Å². The van der Waals surface area contributed by atoms with E-state index in [0.29, 0.717) is 18.5 Å². The van der Waals surface area contributed by atoms with Crippen LogP contribution in [0.1, 0.15) is 16.1 Å². The van der Waals surface area contributed by atoms with Gasteiger partial charge in [0.25, 0.3) is 5.91 Å². The molecule has 6 heteroatoms. The van der Waals surface area contributed by atoms with E-state index >= 15 is 0 Å². The van der Waals surface area contributed by atoms with Crippen molar-refractivity contribution in [3.8, 4) is 16.3 Å². The van der Waals surface area contributed by atoms with Gasteiger partial charge in [-0.2, -0.15) is 0 Å². The molecule has 3 aromatic rings. The molecule has 1 aromatic heterocycles. The highest BCUT2D eigenvalue weighted by Crippen LogP contribution is 2.25. The number of benzene rings is 2. The average molecular weight is 417 g/mol. The minimum atomic E-state index is -0.0851. The largest absolute Gasteiger partial charge is 0.497 e. The normalized spacial score (nSPS) is 10.5. The standard InChI is InChI=1S/C19H17BrN2O2S/c1-24-15-8-6-13(7-9-15)19-22-14(12-25-19)10-11-21-18(23)16-4-2-3-5-17(16)20/h2-9,12H,10-11H2,1H3,(H,21,23). The van der Waals surface area contributed by atoms with Gasteiger partial charge in [-0.3, -0.25) is 4.79 Å². The maximum atomic E-state index is 12.2. The van der Waals surface area contributed by atoms with Crippen molar-refractivity contribution in [1.29, 1.82) is 0 Å². The number of ether oxygens (including phenoxy) is 1. The zero-order chi connectivity index (χ0) is 17.6. The smallest absolute Gasteiger partial charge is 0.252 e. The fourth-order valence-electron chi connectivity index (χ4n) is 2.33. The zero-order valence-corrected chi connectivity index (χ0v) is 16.1. The number of halogens is 1. The zero-order valence-electron chi connectivity index (χ0n) is 13.7. The second-order valence-electron chi connectivity index (χ2n) is 5.36. The lowest BCUT2D eigenvalue weighted by Gasteiger charge is -2.05. The number of amides is 1. The van der Waals surface area contributed by atoms with Crippen LogP contribution in [-0.4, -0.2) is 24.5 Å². The highest BCUT2D eigenvalue weighted by Gasteiger charge is 2.09. The minimum absolute atomic E-state index is 0.0851. The molecular weight excluding hydrogens is 400 g/mol. The molecule has 25 heavy (non-hydrogen) atoms. The Balaban J connectivity index is 1.56. The minimum Gasteiger partial charge on any atom is -0.497 e. The molecule has 0 bridgehead atoms. The molecule has 0 aliphatic heterocycles. The molecule has 4 nitrogen and oxygen atoms in total. The molecular formula is C19H17BrN2O2S. The Morgan fingerprint density at radius 3 is 2.68 bits per heavy atom. The number of aromatic nitrogens is 1. The van der Waals surface area contributed by atoms with Crippen molar-refractivity contribution in [2.24, 2.45) is 0 Å². The molecule has 1 heterocycles. The molecule has 0 spiro atoms. The van der Waals surface area contributed by atoms with Gasteiger partial charge in [0, 0.05) is 28.4 Å².